The van der Waals surface area contributed by atoms with E-state index in [1.165, 1.54) is 30.3 Å². The molecule has 0 unspecified atom stereocenters. The van der Waals surface area contributed by atoms with Gasteiger partial charge >= 0.3 is 5.97 Å². The van der Waals surface area contributed by atoms with Gasteiger partial charge in [-0.1, -0.05) is 0 Å². The number of hydrogen-bond acceptors (Lipinski definition) is 7. The molecule has 3 N–H and O–H groups in total. The van der Waals surface area contributed by atoms with E-state index in [2.05, 4.69) is 4.74 Å². The SMILES string of the molecule is COC(=O)c1cc(S(=O)(=O)c2ccc(OC[C@@H](C)N)cc2)ccc1O. The highest BCUT2D eigenvalue weighted by Gasteiger charge is 2.21. The first kappa shape index (κ1) is 18.8. The largest absolute Gasteiger partial charge is 0.507 e. The summed E-state index contributed by atoms with van der Waals surface area (Å²) < 4.78 is 35.3. The van der Waals surface area contributed by atoms with Crippen molar-refractivity contribution in [3.8, 4) is 11.5 Å². The molecule has 0 heterocycles. The molecule has 0 aliphatic heterocycles. The van der Waals surface area contributed by atoms with Gasteiger partial charge in [0.05, 0.1) is 16.9 Å². The molecule has 7 nitrogen and oxygen atoms in total. The number of hydrogen-bond donors (Lipinski definition) is 2. The Morgan fingerprint density at radius 1 is 1.16 bits per heavy atom. The number of carbonyl (C=O) groups is 1. The number of methoxy groups -OCH3 is 1. The summed E-state index contributed by atoms with van der Waals surface area (Å²) in [6.07, 6.45) is 0. The van der Waals surface area contributed by atoms with E-state index in [4.69, 9.17) is 10.5 Å². The summed E-state index contributed by atoms with van der Waals surface area (Å²) in [4.78, 5) is 11.5. The average molecular weight is 365 g/mol. The zero-order valence-corrected chi connectivity index (χ0v) is 14.6. The van der Waals surface area contributed by atoms with Gasteiger partial charge in [0.15, 0.2) is 0 Å². The summed E-state index contributed by atoms with van der Waals surface area (Å²) in [5.74, 6) is -0.683. The number of nitrogens with two attached hydrogens (primary N) is 1. The molecule has 0 bridgehead atoms. The van der Waals surface area contributed by atoms with E-state index in [-0.39, 0.29) is 27.1 Å². The van der Waals surface area contributed by atoms with Crippen molar-refractivity contribution in [2.45, 2.75) is 22.8 Å². The summed E-state index contributed by atoms with van der Waals surface area (Å²) in [6.45, 7) is 2.11. The predicted octanol–water partition coefficient (Wildman–Crippen LogP) is 1.74. The molecule has 0 aromatic heterocycles. The molecule has 134 valence electrons. The Morgan fingerprint density at radius 3 is 2.32 bits per heavy atom. The molecule has 8 heteroatoms. The maximum Gasteiger partial charge on any atom is 0.341 e. The molecule has 0 radical (unpaired) electrons. The molecular formula is C17H19NO6S. The molecule has 2 aromatic carbocycles. The fourth-order valence-electron chi connectivity index (χ4n) is 2.03. The highest BCUT2D eigenvalue weighted by Crippen LogP contribution is 2.27. The predicted molar refractivity (Wildman–Crippen MR) is 90.5 cm³/mol. The van der Waals surface area contributed by atoms with E-state index in [1.807, 2.05) is 0 Å². The van der Waals surface area contributed by atoms with Crippen molar-refractivity contribution in [2.24, 2.45) is 5.73 Å². The lowest BCUT2D eigenvalue weighted by Crippen LogP contribution is -2.23. The van der Waals surface area contributed by atoms with Gasteiger partial charge < -0.3 is 20.3 Å². The molecule has 0 fully saturated rings. The number of sulfone groups is 1. The lowest BCUT2D eigenvalue weighted by Gasteiger charge is -2.10. The van der Waals surface area contributed by atoms with E-state index in [9.17, 15) is 18.3 Å². The van der Waals surface area contributed by atoms with Crippen molar-refractivity contribution in [3.63, 3.8) is 0 Å². The van der Waals surface area contributed by atoms with Gasteiger partial charge in [0, 0.05) is 6.04 Å². The number of benzene rings is 2. The number of esters is 1. The fraction of sp³-hybridized carbons (Fsp3) is 0.235. The standard InChI is InChI=1S/C17H19NO6S/c1-11(18)10-24-12-3-5-13(6-4-12)25(21,22)14-7-8-16(19)15(9-14)17(20)23-2/h3-9,11,19H,10,18H2,1-2H3/t11-/m1/s1. The van der Waals surface area contributed by atoms with Crippen LogP contribution in [0.25, 0.3) is 0 Å². The number of aromatic hydroxyl groups is 1. The minimum absolute atomic E-state index is 0.0298. The molecule has 0 aliphatic carbocycles. The maximum absolute atomic E-state index is 12.7. The lowest BCUT2D eigenvalue weighted by molar-refractivity contribution is 0.0597. The van der Waals surface area contributed by atoms with Crippen LogP contribution < -0.4 is 10.5 Å². The fourth-order valence-corrected chi connectivity index (χ4v) is 3.32. The van der Waals surface area contributed by atoms with Crippen LogP contribution in [0.3, 0.4) is 0 Å². The second kappa shape index (κ2) is 7.54. The zero-order valence-electron chi connectivity index (χ0n) is 13.8. The van der Waals surface area contributed by atoms with Crippen molar-refractivity contribution >= 4 is 15.8 Å². The van der Waals surface area contributed by atoms with Crippen molar-refractivity contribution in [2.75, 3.05) is 13.7 Å². The van der Waals surface area contributed by atoms with Gasteiger partial charge in [-0.05, 0) is 49.4 Å². The van der Waals surface area contributed by atoms with E-state index in [0.29, 0.717) is 12.4 Å². The number of rotatable bonds is 6. The van der Waals surface area contributed by atoms with Crippen LogP contribution in [0.2, 0.25) is 0 Å². The van der Waals surface area contributed by atoms with Crippen molar-refractivity contribution in [3.05, 3.63) is 48.0 Å². The minimum Gasteiger partial charge on any atom is -0.507 e. The summed E-state index contributed by atoms with van der Waals surface area (Å²) in [5.41, 5.74) is 5.38. The molecular weight excluding hydrogens is 346 g/mol. The normalized spacial score (nSPS) is 12.4. The first-order valence-electron chi connectivity index (χ1n) is 7.40. The summed E-state index contributed by atoms with van der Waals surface area (Å²) in [6, 6.07) is 9.14. The summed E-state index contributed by atoms with van der Waals surface area (Å²) >= 11 is 0. The first-order chi connectivity index (χ1) is 11.8. The molecule has 0 spiro atoms. The third-order valence-corrected chi connectivity index (χ3v) is 5.10. The van der Waals surface area contributed by atoms with Crippen LogP contribution >= 0.6 is 0 Å². The summed E-state index contributed by atoms with van der Waals surface area (Å²) in [5, 5.41) is 9.69. The van der Waals surface area contributed by atoms with Crippen LogP contribution in [0.15, 0.2) is 52.3 Å². The smallest absolute Gasteiger partial charge is 0.341 e. The molecule has 1 atom stereocenters. The van der Waals surface area contributed by atoms with E-state index in [0.717, 1.165) is 19.2 Å². The monoisotopic (exact) mass is 365 g/mol. The third-order valence-electron chi connectivity index (χ3n) is 3.33. The topological polar surface area (TPSA) is 116 Å². The Morgan fingerprint density at radius 2 is 1.76 bits per heavy atom. The van der Waals surface area contributed by atoms with Crippen LogP contribution in [0, 0.1) is 0 Å². The van der Waals surface area contributed by atoms with Gasteiger partial charge in [-0.15, -0.1) is 0 Å². The highest BCUT2D eigenvalue weighted by molar-refractivity contribution is 7.91. The van der Waals surface area contributed by atoms with Gasteiger partial charge in [0.1, 0.15) is 23.7 Å². The van der Waals surface area contributed by atoms with Gasteiger partial charge in [-0.3, -0.25) is 0 Å². The molecule has 0 saturated carbocycles. The molecule has 0 aliphatic rings. The zero-order chi connectivity index (χ0) is 18.6. The van der Waals surface area contributed by atoms with Crippen molar-refractivity contribution in [1.82, 2.24) is 0 Å². The lowest BCUT2D eigenvalue weighted by atomic mass is 10.2. The second-order valence-electron chi connectivity index (χ2n) is 5.43. The van der Waals surface area contributed by atoms with Gasteiger partial charge in [0.25, 0.3) is 0 Å². The van der Waals surface area contributed by atoms with E-state index in [1.54, 1.807) is 6.92 Å². The van der Waals surface area contributed by atoms with E-state index < -0.39 is 15.8 Å². The number of phenols is 1. The van der Waals surface area contributed by atoms with Crippen LogP contribution in [0.4, 0.5) is 0 Å². The average Bonchev–Trinajstić information content (AvgIpc) is 2.59. The molecule has 0 amide bonds. The number of ether oxygens (including phenoxy) is 2. The van der Waals surface area contributed by atoms with Crippen LogP contribution in [-0.2, 0) is 14.6 Å². The molecule has 0 saturated heterocycles. The Labute approximate surface area is 145 Å². The highest BCUT2D eigenvalue weighted by atomic mass is 32.2. The van der Waals surface area contributed by atoms with Crippen molar-refractivity contribution in [1.29, 1.82) is 0 Å². The Hall–Kier alpha value is -2.58. The molecule has 2 rings (SSSR count). The molecule has 25 heavy (non-hydrogen) atoms. The first-order valence-corrected chi connectivity index (χ1v) is 8.89. The Bertz CT molecular complexity index is 859. The van der Waals surface area contributed by atoms with E-state index >= 15 is 0 Å². The van der Waals surface area contributed by atoms with Gasteiger partial charge in [0.2, 0.25) is 9.84 Å². The van der Waals surface area contributed by atoms with Crippen LogP contribution in [0.1, 0.15) is 17.3 Å². The Balaban J connectivity index is 2.34. The molecule has 2 aromatic rings. The minimum atomic E-state index is -3.87. The van der Waals surface area contributed by atoms with Gasteiger partial charge in [-0.25, -0.2) is 13.2 Å². The third kappa shape index (κ3) is 4.28. The van der Waals surface area contributed by atoms with Crippen LogP contribution in [-0.4, -0.2) is 39.3 Å². The number of phenolic OH excluding ortho intramolecular Hbond substituents is 1. The quantitative estimate of drug-likeness (QED) is 0.749. The van der Waals surface area contributed by atoms with Crippen LogP contribution in [0.5, 0.6) is 11.5 Å². The Kier molecular flexibility index (Phi) is 5.66. The number of carbonyl (C=O) groups excluding carboxylic acids is 1. The maximum atomic E-state index is 12.7. The van der Waals surface area contributed by atoms with Gasteiger partial charge in [-0.2, -0.15) is 0 Å². The van der Waals surface area contributed by atoms with Crippen molar-refractivity contribution < 1.29 is 27.8 Å². The summed E-state index contributed by atoms with van der Waals surface area (Å²) in [7, 11) is -2.72. The second-order valence-corrected chi connectivity index (χ2v) is 7.38.